The Labute approximate surface area is 112 Å². The molecule has 7 heteroatoms. The molecule has 1 aromatic heterocycles. The summed E-state index contributed by atoms with van der Waals surface area (Å²) in [5, 5.41) is 12.2. The van der Waals surface area contributed by atoms with Gasteiger partial charge in [-0.3, -0.25) is 0 Å². The van der Waals surface area contributed by atoms with E-state index in [2.05, 4.69) is 47.4 Å². The Kier molecular flexibility index (Phi) is 3.60. The lowest BCUT2D eigenvalue weighted by atomic mass is 10.3. The van der Waals surface area contributed by atoms with Crippen molar-refractivity contribution in [2.24, 2.45) is 0 Å². The largest absolute Gasteiger partial charge is 0.329 e. The minimum absolute atomic E-state index is 0.643. The summed E-state index contributed by atoms with van der Waals surface area (Å²) in [6.45, 7) is 0. The molecule has 0 saturated carbocycles. The third-order valence-electron chi connectivity index (χ3n) is 1.57. The number of hydrogen-bond donors (Lipinski definition) is 1. The average molecular weight is 369 g/mol. The molecular formula is C8H4Br2ClN3S. The third-order valence-corrected chi connectivity index (χ3v) is 3.66. The highest BCUT2D eigenvalue weighted by Crippen LogP contribution is 2.30. The van der Waals surface area contributed by atoms with Crippen molar-refractivity contribution in [3.63, 3.8) is 0 Å². The second kappa shape index (κ2) is 4.78. The van der Waals surface area contributed by atoms with Crippen LogP contribution >= 0.6 is 54.8 Å². The van der Waals surface area contributed by atoms with Crippen molar-refractivity contribution < 1.29 is 0 Å². The van der Waals surface area contributed by atoms with Gasteiger partial charge in [0.2, 0.25) is 5.13 Å². The standard InChI is InChI=1S/C8H4Br2ClN3S/c9-4-1-2-5(11)6(3-4)12-8-14-13-7(10)15-8/h1-3H,(H,12,14). The second-order valence-electron chi connectivity index (χ2n) is 2.61. The summed E-state index contributed by atoms with van der Waals surface area (Å²) in [6, 6.07) is 5.57. The van der Waals surface area contributed by atoms with E-state index < -0.39 is 0 Å². The van der Waals surface area contributed by atoms with Crippen LogP contribution in [0.5, 0.6) is 0 Å². The van der Waals surface area contributed by atoms with Crippen molar-refractivity contribution in [1.82, 2.24) is 10.2 Å². The lowest BCUT2D eigenvalue weighted by Crippen LogP contribution is -1.90. The summed E-state index contributed by atoms with van der Waals surface area (Å²) in [5.41, 5.74) is 0.801. The van der Waals surface area contributed by atoms with Gasteiger partial charge in [-0.15, -0.1) is 10.2 Å². The van der Waals surface area contributed by atoms with Crippen LogP contribution in [0, 0.1) is 0 Å². The molecule has 78 valence electrons. The number of anilines is 2. The molecule has 0 aliphatic rings. The van der Waals surface area contributed by atoms with Gasteiger partial charge in [0.05, 0.1) is 10.7 Å². The van der Waals surface area contributed by atoms with Crippen LogP contribution in [0.2, 0.25) is 5.02 Å². The fourth-order valence-electron chi connectivity index (χ4n) is 0.964. The molecule has 2 aromatic rings. The first-order chi connectivity index (χ1) is 7.15. The predicted octanol–water partition coefficient (Wildman–Crippen LogP) is 4.46. The zero-order chi connectivity index (χ0) is 10.8. The van der Waals surface area contributed by atoms with Crippen LogP contribution in [0.3, 0.4) is 0 Å². The van der Waals surface area contributed by atoms with Crippen molar-refractivity contribution in [2.45, 2.75) is 0 Å². The number of rotatable bonds is 2. The van der Waals surface area contributed by atoms with Crippen molar-refractivity contribution >= 4 is 65.6 Å². The molecule has 1 N–H and O–H groups in total. The van der Waals surface area contributed by atoms with Gasteiger partial charge in [0.15, 0.2) is 3.92 Å². The molecule has 3 nitrogen and oxygen atoms in total. The molecule has 1 aromatic carbocycles. The topological polar surface area (TPSA) is 37.8 Å². The highest BCUT2D eigenvalue weighted by Gasteiger charge is 2.05. The maximum absolute atomic E-state index is 6.01. The van der Waals surface area contributed by atoms with E-state index in [4.69, 9.17) is 11.6 Å². The van der Waals surface area contributed by atoms with E-state index in [1.807, 2.05) is 18.2 Å². The summed E-state index contributed by atoms with van der Waals surface area (Å²) in [4.78, 5) is 0. The fourth-order valence-corrected chi connectivity index (χ4v) is 2.51. The predicted molar refractivity (Wildman–Crippen MR) is 70.0 cm³/mol. The van der Waals surface area contributed by atoms with E-state index in [0.717, 1.165) is 14.1 Å². The Morgan fingerprint density at radius 1 is 1.27 bits per heavy atom. The van der Waals surface area contributed by atoms with Crippen LogP contribution in [0.4, 0.5) is 10.8 Å². The minimum Gasteiger partial charge on any atom is -0.329 e. The van der Waals surface area contributed by atoms with Crippen LogP contribution in [-0.4, -0.2) is 10.2 Å². The zero-order valence-corrected chi connectivity index (χ0v) is 11.9. The first-order valence-corrected chi connectivity index (χ1v) is 6.64. The molecule has 2 rings (SSSR count). The second-order valence-corrected chi connectivity index (χ2v) is 6.19. The molecule has 15 heavy (non-hydrogen) atoms. The molecule has 0 amide bonds. The summed E-state index contributed by atoms with van der Waals surface area (Å²) in [7, 11) is 0. The minimum atomic E-state index is 0.643. The quantitative estimate of drug-likeness (QED) is 0.849. The monoisotopic (exact) mass is 367 g/mol. The van der Waals surface area contributed by atoms with Crippen LogP contribution < -0.4 is 5.32 Å². The van der Waals surface area contributed by atoms with Gasteiger partial charge in [-0.1, -0.05) is 38.9 Å². The number of nitrogens with zero attached hydrogens (tertiary/aromatic N) is 2. The molecule has 0 bridgehead atoms. The van der Waals surface area contributed by atoms with Crippen LogP contribution in [0.1, 0.15) is 0 Å². The molecular weight excluding hydrogens is 365 g/mol. The van der Waals surface area contributed by atoms with Crippen molar-refractivity contribution in [3.05, 3.63) is 31.6 Å². The maximum Gasteiger partial charge on any atom is 0.210 e. The number of hydrogen-bond acceptors (Lipinski definition) is 4. The Bertz CT molecular complexity index is 488. The highest BCUT2D eigenvalue weighted by atomic mass is 79.9. The van der Waals surface area contributed by atoms with Gasteiger partial charge >= 0.3 is 0 Å². The molecule has 0 radical (unpaired) electrons. The number of aromatic nitrogens is 2. The zero-order valence-electron chi connectivity index (χ0n) is 7.17. The lowest BCUT2D eigenvalue weighted by Gasteiger charge is -2.04. The van der Waals surface area contributed by atoms with E-state index in [-0.39, 0.29) is 0 Å². The third kappa shape index (κ3) is 2.90. The van der Waals surface area contributed by atoms with Gasteiger partial charge in [-0.25, -0.2) is 0 Å². The Morgan fingerprint density at radius 3 is 2.73 bits per heavy atom. The molecule has 0 spiro atoms. The van der Waals surface area contributed by atoms with Gasteiger partial charge < -0.3 is 5.32 Å². The van der Waals surface area contributed by atoms with Crippen molar-refractivity contribution in [2.75, 3.05) is 5.32 Å². The Morgan fingerprint density at radius 2 is 2.07 bits per heavy atom. The smallest absolute Gasteiger partial charge is 0.210 e. The van der Waals surface area contributed by atoms with Crippen molar-refractivity contribution in [3.8, 4) is 0 Å². The Hall–Kier alpha value is -0.170. The average Bonchev–Trinajstić information content (AvgIpc) is 2.58. The van der Waals surface area contributed by atoms with E-state index >= 15 is 0 Å². The number of benzene rings is 1. The van der Waals surface area contributed by atoms with Crippen LogP contribution in [-0.2, 0) is 0 Å². The van der Waals surface area contributed by atoms with Crippen LogP contribution in [0.15, 0.2) is 26.6 Å². The number of halogens is 3. The SMILES string of the molecule is Clc1ccc(Br)cc1Nc1nnc(Br)s1. The molecule has 0 aliphatic carbocycles. The highest BCUT2D eigenvalue weighted by molar-refractivity contribution is 9.11. The first kappa shape index (κ1) is 11.3. The molecule has 0 aliphatic heterocycles. The van der Waals surface area contributed by atoms with Gasteiger partial charge in [0.1, 0.15) is 0 Å². The normalized spacial score (nSPS) is 10.3. The van der Waals surface area contributed by atoms with Crippen molar-refractivity contribution in [1.29, 1.82) is 0 Å². The summed E-state index contributed by atoms with van der Waals surface area (Å²) in [6.07, 6.45) is 0. The maximum atomic E-state index is 6.01. The summed E-state index contributed by atoms with van der Waals surface area (Å²) < 4.78 is 1.69. The van der Waals surface area contributed by atoms with Gasteiger partial charge in [0, 0.05) is 4.47 Å². The first-order valence-electron chi connectivity index (χ1n) is 3.86. The summed E-state index contributed by atoms with van der Waals surface area (Å²) >= 11 is 14.0. The molecule has 0 fully saturated rings. The molecule has 0 saturated heterocycles. The fraction of sp³-hybridized carbons (Fsp3) is 0. The van der Waals surface area contributed by atoms with E-state index in [0.29, 0.717) is 10.2 Å². The van der Waals surface area contributed by atoms with E-state index in [1.54, 1.807) is 0 Å². The summed E-state index contributed by atoms with van der Waals surface area (Å²) in [5.74, 6) is 0. The van der Waals surface area contributed by atoms with Gasteiger partial charge in [-0.05, 0) is 34.1 Å². The van der Waals surface area contributed by atoms with Gasteiger partial charge in [-0.2, -0.15) is 0 Å². The van der Waals surface area contributed by atoms with Gasteiger partial charge in [0.25, 0.3) is 0 Å². The number of nitrogens with one attached hydrogen (secondary N) is 1. The van der Waals surface area contributed by atoms with Crippen LogP contribution in [0.25, 0.3) is 0 Å². The Balaban J connectivity index is 2.27. The van der Waals surface area contributed by atoms with E-state index in [9.17, 15) is 0 Å². The molecule has 1 heterocycles. The molecule has 0 atom stereocenters. The van der Waals surface area contributed by atoms with E-state index in [1.165, 1.54) is 11.3 Å². The molecule has 0 unspecified atom stereocenters. The lowest BCUT2D eigenvalue weighted by molar-refractivity contribution is 1.07.